The fraction of sp³-hybridized carbons (Fsp3) is 0.800. The monoisotopic (exact) mass is 347 g/mol. The summed E-state index contributed by atoms with van der Waals surface area (Å²) < 4.78 is 37.2. The van der Waals surface area contributed by atoms with Gasteiger partial charge in [-0.2, -0.15) is 13.2 Å². The predicted octanol–water partition coefficient (Wildman–Crippen LogP) is 2.39. The van der Waals surface area contributed by atoms with Gasteiger partial charge in [-0.3, -0.25) is 9.89 Å². The molecule has 2 rings (SSSR count). The molecule has 0 unspecified atom stereocenters. The van der Waals surface area contributed by atoms with Crippen molar-refractivity contribution in [2.24, 2.45) is 5.92 Å². The molecule has 24 heavy (non-hydrogen) atoms. The number of nitrogens with zero attached hydrogens (tertiary/aromatic N) is 2. The number of halogens is 3. The maximum atomic E-state index is 12.4. The first-order valence-electron chi connectivity index (χ1n) is 7.91. The van der Waals surface area contributed by atoms with E-state index in [4.69, 9.17) is 0 Å². The van der Waals surface area contributed by atoms with Crippen LogP contribution in [0.1, 0.15) is 58.6 Å². The molecule has 1 fully saturated rings. The molecule has 1 saturated heterocycles. The molecule has 1 aromatic rings. The standard InChI is InChI=1S/C15H24F3N5O/c1-13(2)6-9(7-14(3,4)23-13)5-11(24)19-8-10-20-12(22-21-10)15(16,17)18/h9,23H,5-8H2,1-4H3,(H,19,24)(H,20,21,22). The molecule has 3 N–H and O–H groups in total. The van der Waals surface area contributed by atoms with Crippen LogP contribution < -0.4 is 10.6 Å². The summed E-state index contributed by atoms with van der Waals surface area (Å²) in [6, 6.07) is 0. The summed E-state index contributed by atoms with van der Waals surface area (Å²) in [6.07, 6.45) is -2.52. The normalized spacial score (nSPS) is 20.8. The number of alkyl halides is 3. The Bertz CT molecular complexity index is 578. The molecule has 0 aliphatic carbocycles. The van der Waals surface area contributed by atoms with Crippen LogP contribution in [0.15, 0.2) is 0 Å². The molecular formula is C15H24F3N5O. The van der Waals surface area contributed by atoms with E-state index in [0.29, 0.717) is 6.42 Å². The zero-order chi connectivity index (χ0) is 18.2. The van der Waals surface area contributed by atoms with E-state index in [1.54, 1.807) is 0 Å². The lowest BCUT2D eigenvalue weighted by atomic mass is 9.74. The third-order valence-corrected chi connectivity index (χ3v) is 3.99. The third-order valence-electron chi connectivity index (χ3n) is 3.99. The number of carbonyl (C=O) groups excluding carboxylic acids is 1. The van der Waals surface area contributed by atoms with Gasteiger partial charge < -0.3 is 10.6 Å². The van der Waals surface area contributed by atoms with Gasteiger partial charge >= 0.3 is 6.18 Å². The van der Waals surface area contributed by atoms with Crippen molar-refractivity contribution in [2.45, 2.75) is 70.8 Å². The van der Waals surface area contributed by atoms with Crippen LogP contribution in [0, 0.1) is 5.92 Å². The van der Waals surface area contributed by atoms with Crippen LogP contribution >= 0.6 is 0 Å². The van der Waals surface area contributed by atoms with E-state index in [-0.39, 0.29) is 35.3 Å². The molecule has 0 aromatic carbocycles. The molecule has 0 saturated carbocycles. The van der Waals surface area contributed by atoms with Crippen LogP contribution in [-0.4, -0.2) is 32.2 Å². The van der Waals surface area contributed by atoms with Crippen molar-refractivity contribution < 1.29 is 18.0 Å². The van der Waals surface area contributed by atoms with E-state index in [1.807, 2.05) is 0 Å². The highest BCUT2D eigenvalue weighted by molar-refractivity contribution is 5.76. The first-order chi connectivity index (χ1) is 10.9. The first-order valence-corrected chi connectivity index (χ1v) is 7.91. The van der Waals surface area contributed by atoms with Crippen molar-refractivity contribution >= 4 is 5.91 Å². The van der Waals surface area contributed by atoms with Crippen LogP contribution in [0.25, 0.3) is 0 Å². The van der Waals surface area contributed by atoms with Gasteiger partial charge in [-0.25, -0.2) is 4.98 Å². The molecule has 9 heteroatoms. The summed E-state index contributed by atoms with van der Waals surface area (Å²) in [6.45, 7) is 8.32. The van der Waals surface area contributed by atoms with Gasteiger partial charge in [0.05, 0.1) is 6.54 Å². The van der Waals surface area contributed by atoms with Crippen LogP contribution in [0.2, 0.25) is 0 Å². The lowest BCUT2D eigenvalue weighted by molar-refractivity contribution is -0.144. The fourth-order valence-corrected chi connectivity index (χ4v) is 3.70. The summed E-state index contributed by atoms with van der Waals surface area (Å²) in [4.78, 5) is 15.4. The highest BCUT2D eigenvalue weighted by atomic mass is 19.4. The summed E-state index contributed by atoms with van der Waals surface area (Å²) in [5.41, 5.74) is -0.113. The van der Waals surface area contributed by atoms with Crippen LogP contribution in [0.4, 0.5) is 13.2 Å². The molecular weight excluding hydrogens is 323 g/mol. The van der Waals surface area contributed by atoms with Crippen LogP contribution in [-0.2, 0) is 17.5 Å². The molecule has 1 aliphatic rings. The van der Waals surface area contributed by atoms with Crippen LogP contribution in [0.5, 0.6) is 0 Å². The molecule has 1 aliphatic heterocycles. The minimum Gasteiger partial charge on any atom is -0.349 e. The summed E-state index contributed by atoms with van der Waals surface area (Å²) >= 11 is 0. The van der Waals surface area contributed by atoms with Crippen molar-refractivity contribution in [2.75, 3.05) is 0 Å². The molecule has 0 atom stereocenters. The van der Waals surface area contributed by atoms with Gasteiger partial charge in [0.1, 0.15) is 5.82 Å². The van der Waals surface area contributed by atoms with E-state index in [1.165, 1.54) is 0 Å². The summed E-state index contributed by atoms with van der Waals surface area (Å²) in [5, 5.41) is 11.4. The van der Waals surface area contributed by atoms with Gasteiger partial charge in [-0.1, -0.05) is 0 Å². The molecule has 1 aromatic heterocycles. The number of aromatic amines is 1. The quantitative estimate of drug-likeness (QED) is 0.781. The molecule has 0 bridgehead atoms. The van der Waals surface area contributed by atoms with Crippen molar-refractivity contribution in [1.29, 1.82) is 0 Å². The maximum Gasteiger partial charge on any atom is 0.453 e. The Morgan fingerprint density at radius 1 is 1.25 bits per heavy atom. The number of carbonyl (C=O) groups is 1. The Balaban J connectivity index is 1.86. The number of H-pyrrole nitrogens is 1. The Kier molecular flexibility index (Phi) is 4.94. The lowest BCUT2D eigenvalue weighted by Gasteiger charge is -2.46. The second kappa shape index (κ2) is 6.34. The largest absolute Gasteiger partial charge is 0.453 e. The Labute approximate surface area is 139 Å². The fourth-order valence-electron chi connectivity index (χ4n) is 3.70. The second-order valence-electron chi connectivity index (χ2n) is 7.75. The smallest absolute Gasteiger partial charge is 0.349 e. The van der Waals surface area contributed by atoms with Gasteiger partial charge in [-0.15, -0.1) is 5.10 Å². The molecule has 136 valence electrons. The number of hydrogen-bond donors (Lipinski definition) is 3. The number of aromatic nitrogens is 3. The number of nitrogens with one attached hydrogen (secondary N) is 3. The van der Waals surface area contributed by atoms with Crippen molar-refractivity contribution in [1.82, 2.24) is 25.8 Å². The lowest BCUT2D eigenvalue weighted by Crippen LogP contribution is -2.58. The minimum atomic E-state index is -4.59. The van der Waals surface area contributed by atoms with Crippen molar-refractivity contribution in [3.8, 4) is 0 Å². The topological polar surface area (TPSA) is 82.7 Å². The summed E-state index contributed by atoms with van der Waals surface area (Å²) in [5.74, 6) is -1.22. The second-order valence-corrected chi connectivity index (χ2v) is 7.75. The first kappa shape index (κ1) is 18.7. The van der Waals surface area contributed by atoms with E-state index >= 15 is 0 Å². The van der Waals surface area contributed by atoms with E-state index in [0.717, 1.165) is 12.8 Å². The van der Waals surface area contributed by atoms with E-state index in [2.05, 4.69) is 53.5 Å². The number of amides is 1. The predicted molar refractivity (Wildman–Crippen MR) is 81.9 cm³/mol. The zero-order valence-corrected chi connectivity index (χ0v) is 14.3. The van der Waals surface area contributed by atoms with Crippen LogP contribution in [0.3, 0.4) is 0 Å². The number of hydrogen-bond acceptors (Lipinski definition) is 4. The molecule has 1 amide bonds. The van der Waals surface area contributed by atoms with Gasteiger partial charge in [0.2, 0.25) is 5.91 Å². The highest BCUT2D eigenvalue weighted by Gasteiger charge is 2.38. The van der Waals surface area contributed by atoms with E-state index in [9.17, 15) is 18.0 Å². The zero-order valence-electron chi connectivity index (χ0n) is 14.3. The Hall–Kier alpha value is -1.64. The highest BCUT2D eigenvalue weighted by Crippen LogP contribution is 2.34. The molecule has 6 nitrogen and oxygen atoms in total. The van der Waals surface area contributed by atoms with Gasteiger partial charge in [0.15, 0.2) is 0 Å². The average molecular weight is 347 g/mol. The van der Waals surface area contributed by atoms with Crippen molar-refractivity contribution in [3.63, 3.8) is 0 Å². The maximum absolute atomic E-state index is 12.4. The Morgan fingerprint density at radius 2 is 1.83 bits per heavy atom. The molecule has 0 spiro atoms. The van der Waals surface area contributed by atoms with Gasteiger partial charge in [0, 0.05) is 17.5 Å². The minimum absolute atomic E-state index is 0.0124. The molecule has 2 heterocycles. The van der Waals surface area contributed by atoms with Gasteiger partial charge in [0.25, 0.3) is 5.82 Å². The number of rotatable bonds is 4. The molecule has 0 radical (unpaired) electrons. The van der Waals surface area contributed by atoms with Gasteiger partial charge in [-0.05, 0) is 46.5 Å². The number of piperidine rings is 1. The summed E-state index contributed by atoms with van der Waals surface area (Å²) in [7, 11) is 0. The SMILES string of the molecule is CC1(C)CC(CC(=O)NCc2nc(C(F)(F)F)n[nH]2)CC(C)(C)N1. The van der Waals surface area contributed by atoms with E-state index < -0.39 is 12.0 Å². The Morgan fingerprint density at radius 3 is 2.33 bits per heavy atom. The van der Waals surface area contributed by atoms with Crippen molar-refractivity contribution in [3.05, 3.63) is 11.6 Å². The third kappa shape index (κ3) is 5.19. The average Bonchev–Trinajstić information content (AvgIpc) is 2.80.